The van der Waals surface area contributed by atoms with Crippen LogP contribution < -0.4 is 10.6 Å². The molecule has 1 heterocycles. The second-order valence-corrected chi connectivity index (χ2v) is 5.98. The van der Waals surface area contributed by atoms with Crippen LogP contribution in [0.1, 0.15) is 31.4 Å². The molecule has 2 N–H and O–H groups in total. The third-order valence-electron chi connectivity index (χ3n) is 4.40. The van der Waals surface area contributed by atoms with Crippen molar-refractivity contribution in [2.45, 2.75) is 25.8 Å². The Balaban J connectivity index is 1.70. The van der Waals surface area contributed by atoms with Crippen molar-refractivity contribution >= 4 is 5.91 Å². The van der Waals surface area contributed by atoms with E-state index >= 15 is 0 Å². The molecule has 3 heteroatoms. The Morgan fingerprint density at radius 1 is 1.26 bits per heavy atom. The molecule has 3 atom stereocenters. The number of amides is 1. The average molecular weight is 258 g/mol. The monoisotopic (exact) mass is 258 g/mol. The van der Waals surface area contributed by atoms with Crippen LogP contribution in [0, 0.1) is 17.8 Å². The number of hydrogen-bond donors (Lipinski definition) is 2. The molecule has 0 bridgehead atoms. The highest BCUT2D eigenvalue weighted by molar-refractivity contribution is 5.80. The van der Waals surface area contributed by atoms with Crippen molar-refractivity contribution in [2.75, 3.05) is 13.1 Å². The van der Waals surface area contributed by atoms with Crippen LogP contribution in [-0.2, 0) is 4.79 Å². The second-order valence-electron chi connectivity index (χ2n) is 5.98. The molecule has 2 fully saturated rings. The topological polar surface area (TPSA) is 41.1 Å². The lowest BCUT2D eigenvalue weighted by atomic mass is 9.95. The molecule has 2 aliphatic rings. The summed E-state index contributed by atoms with van der Waals surface area (Å²) in [6.45, 7) is 3.93. The maximum Gasteiger partial charge on any atom is 0.225 e. The molecule has 1 amide bonds. The maximum absolute atomic E-state index is 12.4. The van der Waals surface area contributed by atoms with E-state index in [1.807, 2.05) is 6.07 Å². The lowest BCUT2D eigenvalue weighted by molar-refractivity contribution is -0.126. The summed E-state index contributed by atoms with van der Waals surface area (Å²) in [4.78, 5) is 12.4. The summed E-state index contributed by atoms with van der Waals surface area (Å²) in [5.74, 6) is 1.43. The molecule has 1 aromatic carbocycles. The normalized spacial score (nSPS) is 28.1. The Hall–Kier alpha value is -1.35. The molecule has 1 aliphatic carbocycles. The summed E-state index contributed by atoms with van der Waals surface area (Å²) in [6, 6.07) is 10.6. The van der Waals surface area contributed by atoms with E-state index in [0.717, 1.165) is 13.1 Å². The number of carbonyl (C=O) groups excluding carboxylic acids is 1. The molecule has 3 nitrogen and oxygen atoms in total. The van der Waals surface area contributed by atoms with Crippen molar-refractivity contribution in [3.8, 4) is 0 Å². The Kier molecular flexibility index (Phi) is 3.56. The van der Waals surface area contributed by atoms with Crippen molar-refractivity contribution in [2.24, 2.45) is 17.8 Å². The maximum atomic E-state index is 12.4. The van der Waals surface area contributed by atoms with Crippen molar-refractivity contribution in [1.29, 1.82) is 0 Å². The van der Waals surface area contributed by atoms with Gasteiger partial charge in [0.25, 0.3) is 0 Å². The molecule has 19 heavy (non-hydrogen) atoms. The van der Waals surface area contributed by atoms with E-state index in [-0.39, 0.29) is 17.9 Å². The summed E-state index contributed by atoms with van der Waals surface area (Å²) in [5.41, 5.74) is 1.25. The molecule has 1 saturated carbocycles. The van der Waals surface area contributed by atoms with Gasteiger partial charge < -0.3 is 10.6 Å². The minimum Gasteiger partial charge on any atom is -0.349 e. The standard InChI is InChI=1S/C16H22N2O/c1-11-9-17-10-14(11)16(19)18-15(13-7-8-13)12-5-3-2-4-6-12/h2-6,11,13-15,17H,7-10H2,1H3,(H,18,19). The van der Waals surface area contributed by atoms with Gasteiger partial charge in [0.15, 0.2) is 0 Å². The van der Waals surface area contributed by atoms with Crippen LogP contribution >= 0.6 is 0 Å². The Morgan fingerprint density at radius 2 is 2.00 bits per heavy atom. The highest BCUT2D eigenvalue weighted by Crippen LogP contribution is 2.41. The first-order valence-electron chi connectivity index (χ1n) is 7.31. The molecular weight excluding hydrogens is 236 g/mol. The molecule has 1 saturated heterocycles. The Labute approximate surface area is 114 Å². The molecule has 1 aromatic rings. The van der Waals surface area contributed by atoms with Gasteiger partial charge in [0.2, 0.25) is 5.91 Å². The molecule has 102 valence electrons. The van der Waals surface area contributed by atoms with Crippen LogP contribution in [-0.4, -0.2) is 19.0 Å². The first-order chi connectivity index (χ1) is 9.25. The summed E-state index contributed by atoms with van der Waals surface area (Å²) < 4.78 is 0. The summed E-state index contributed by atoms with van der Waals surface area (Å²) in [5, 5.41) is 6.59. The Bertz CT molecular complexity index is 441. The van der Waals surface area contributed by atoms with Crippen LogP contribution in [0.2, 0.25) is 0 Å². The highest BCUT2D eigenvalue weighted by Gasteiger charge is 2.36. The first-order valence-corrected chi connectivity index (χ1v) is 7.31. The lowest BCUT2D eigenvalue weighted by Crippen LogP contribution is -2.37. The van der Waals surface area contributed by atoms with Gasteiger partial charge in [-0.05, 0) is 36.8 Å². The second kappa shape index (κ2) is 5.33. The smallest absolute Gasteiger partial charge is 0.225 e. The van der Waals surface area contributed by atoms with Crippen molar-refractivity contribution in [1.82, 2.24) is 10.6 Å². The predicted molar refractivity (Wildman–Crippen MR) is 75.6 cm³/mol. The third-order valence-corrected chi connectivity index (χ3v) is 4.40. The lowest BCUT2D eigenvalue weighted by Gasteiger charge is -2.22. The highest BCUT2D eigenvalue weighted by atomic mass is 16.2. The van der Waals surface area contributed by atoms with Gasteiger partial charge in [0.05, 0.1) is 12.0 Å². The van der Waals surface area contributed by atoms with Gasteiger partial charge in [-0.1, -0.05) is 37.3 Å². The minimum atomic E-state index is 0.130. The van der Waals surface area contributed by atoms with Gasteiger partial charge in [-0.15, -0.1) is 0 Å². The fourth-order valence-electron chi connectivity index (χ4n) is 2.98. The van der Waals surface area contributed by atoms with Gasteiger partial charge in [-0.3, -0.25) is 4.79 Å². The van der Waals surface area contributed by atoms with E-state index in [1.165, 1.54) is 18.4 Å². The molecule has 1 aliphatic heterocycles. The molecule has 0 spiro atoms. The van der Waals surface area contributed by atoms with Gasteiger partial charge in [0, 0.05) is 6.54 Å². The fraction of sp³-hybridized carbons (Fsp3) is 0.562. The SMILES string of the molecule is CC1CNCC1C(=O)NC(c1ccccc1)C1CC1. The van der Waals surface area contributed by atoms with E-state index in [2.05, 4.69) is 41.8 Å². The van der Waals surface area contributed by atoms with Crippen LogP contribution in [0.25, 0.3) is 0 Å². The molecule has 0 radical (unpaired) electrons. The number of rotatable bonds is 4. The van der Waals surface area contributed by atoms with Gasteiger partial charge >= 0.3 is 0 Å². The molecule has 3 unspecified atom stereocenters. The van der Waals surface area contributed by atoms with Crippen LogP contribution in [0.15, 0.2) is 30.3 Å². The van der Waals surface area contributed by atoms with Crippen LogP contribution in [0.5, 0.6) is 0 Å². The van der Waals surface area contributed by atoms with E-state index in [4.69, 9.17) is 0 Å². The summed E-state index contributed by atoms with van der Waals surface area (Å²) in [7, 11) is 0. The summed E-state index contributed by atoms with van der Waals surface area (Å²) in [6.07, 6.45) is 2.47. The largest absolute Gasteiger partial charge is 0.349 e. The summed E-state index contributed by atoms with van der Waals surface area (Å²) >= 11 is 0. The van der Waals surface area contributed by atoms with Crippen LogP contribution in [0.3, 0.4) is 0 Å². The third kappa shape index (κ3) is 2.81. The zero-order valence-electron chi connectivity index (χ0n) is 11.4. The molecular formula is C16H22N2O. The zero-order chi connectivity index (χ0) is 13.2. The number of nitrogens with one attached hydrogen (secondary N) is 2. The van der Waals surface area contributed by atoms with E-state index in [9.17, 15) is 4.79 Å². The molecule has 3 rings (SSSR count). The van der Waals surface area contributed by atoms with Gasteiger partial charge in [-0.2, -0.15) is 0 Å². The molecule has 0 aromatic heterocycles. The zero-order valence-corrected chi connectivity index (χ0v) is 11.4. The van der Waals surface area contributed by atoms with Gasteiger partial charge in [-0.25, -0.2) is 0 Å². The van der Waals surface area contributed by atoms with Crippen molar-refractivity contribution in [3.05, 3.63) is 35.9 Å². The quantitative estimate of drug-likeness (QED) is 0.868. The minimum absolute atomic E-state index is 0.130. The number of carbonyl (C=O) groups is 1. The predicted octanol–water partition coefficient (Wildman–Crippen LogP) is 2.11. The fourth-order valence-corrected chi connectivity index (χ4v) is 2.98. The Morgan fingerprint density at radius 3 is 2.58 bits per heavy atom. The van der Waals surface area contributed by atoms with E-state index < -0.39 is 0 Å². The van der Waals surface area contributed by atoms with Gasteiger partial charge in [0.1, 0.15) is 0 Å². The first kappa shape index (κ1) is 12.7. The van der Waals surface area contributed by atoms with E-state index in [0.29, 0.717) is 11.8 Å². The number of benzene rings is 1. The van der Waals surface area contributed by atoms with Crippen molar-refractivity contribution in [3.63, 3.8) is 0 Å². The van der Waals surface area contributed by atoms with Crippen LogP contribution in [0.4, 0.5) is 0 Å². The van der Waals surface area contributed by atoms with E-state index in [1.54, 1.807) is 0 Å². The number of hydrogen-bond acceptors (Lipinski definition) is 2. The van der Waals surface area contributed by atoms with Crippen molar-refractivity contribution < 1.29 is 4.79 Å². The average Bonchev–Trinajstić information content (AvgIpc) is 3.18.